The van der Waals surface area contributed by atoms with Gasteiger partial charge in [0.1, 0.15) is 11.6 Å². The largest absolute Gasteiger partial charge is 0.468 e. The average molecular weight is 274 g/mol. The number of methoxy groups -OCH3 is 1. The predicted molar refractivity (Wildman–Crippen MR) is 73.0 cm³/mol. The lowest BCUT2D eigenvalue weighted by molar-refractivity contribution is -0.146. The first kappa shape index (κ1) is 17.7. The zero-order chi connectivity index (χ0) is 15.1. The van der Waals surface area contributed by atoms with Gasteiger partial charge in [-0.15, -0.1) is 0 Å². The van der Waals surface area contributed by atoms with Crippen LogP contribution in [0.15, 0.2) is 0 Å². The van der Waals surface area contributed by atoms with E-state index >= 15 is 0 Å². The molecule has 0 aliphatic heterocycles. The summed E-state index contributed by atoms with van der Waals surface area (Å²) in [5.41, 5.74) is -0.556. The number of carbonyl (C=O) groups excluding carboxylic acids is 2. The van der Waals surface area contributed by atoms with Crippen molar-refractivity contribution < 1.29 is 19.1 Å². The summed E-state index contributed by atoms with van der Waals surface area (Å²) in [7, 11) is 1.34. The number of amides is 1. The summed E-state index contributed by atoms with van der Waals surface area (Å²) in [6.45, 7) is 10.8. The van der Waals surface area contributed by atoms with Gasteiger partial charge < -0.3 is 14.8 Å². The fraction of sp³-hybridized carbons (Fsp3) is 0.846. The molecule has 19 heavy (non-hydrogen) atoms. The van der Waals surface area contributed by atoms with E-state index in [1.807, 2.05) is 18.7 Å². The molecule has 0 bridgehead atoms. The van der Waals surface area contributed by atoms with Gasteiger partial charge in [-0.3, -0.25) is 9.69 Å². The van der Waals surface area contributed by atoms with Crippen LogP contribution in [0.2, 0.25) is 0 Å². The van der Waals surface area contributed by atoms with Crippen LogP contribution < -0.4 is 5.32 Å². The molecular formula is C13H26N2O4. The molecule has 0 heterocycles. The van der Waals surface area contributed by atoms with Crippen molar-refractivity contribution in [2.45, 2.75) is 46.3 Å². The molecule has 1 N–H and O–H groups in total. The molecule has 0 aromatic carbocycles. The average Bonchev–Trinajstić information content (AvgIpc) is 2.31. The summed E-state index contributed by atoms with van der Waals surface area (Å²) in [6, 6.07) is -0.493. The van der Waals surface area contributed by atoms with Crippen LogP contribution in [0.3, 0.4) is 0 Å². The summed E-state index contributed by atoms with van der Waals surface area (Å²) >= 11 is 0. The van der Waals surface area contributed by atoms with Gasteiger partial charge in [-0.05, 0) is 33.9 Å². The van der Waals surface area contributed by atoms with Crippen molar-refractivity contribution in [2.24, 2.45) is 0 Å². The van der Waals surface area contributed by atoms with Crippen LogP contribution in [0.5, 0.6) is 0 Å². The molecule has 0 aliphatic carbocycles. The number of nitrogens with one attached hydrogen (secondary N) is 1. The van der Waals surface area contributed by atoms with Gasteiger partial charge in [0, 0.05) is 6.54 Å². The molecule has 1 amide bonds. The number of rotatable bonds is 6. The van der Waals surface area contributed by atoms with Crippen molar-refractivity contribution in [3.8, 4) is 0 Å². The minimum absolute atomic E-state index is 0.170. The van der Waals surface area contributed by atoms with Gasteiger partial charge in [0.25, 0.3) is 0 Å². The molecule has 0 aromatic rings. The van der Waals surface area contributed by atoms with Crippen LogP contribution in [-0.4, -0.2) is 55.3 Å². The molecule has 112 valence electrons. The third kappa shape index (κ3) is 7.00. The maximum Gasteiger partial charge on any atom is 0.407 e. The quantitative estimate of drug-likeness (QED) is 0.741. The molecule has 0 rings (SSSR count). The Morgan fingerprint density at radius 3 is 2.11 bits per heavy atom. The fourth-order valence-corrected chi connectivity index (χ4v) is 1.66. The molecule has 1 atom stereocenters. The van der Waals surface area contributed by atoms with E-state index in [9.17, 15) is 9.59 Å². The second-order valence-electron chi connectivity index (χ2n) is 5.14. The first-order valence-electron chi connectivity index (χ1n) is 6.53. The molecule has 0 radical (unpaired) electrons. The number of hydrogen-bond donors (Lipinski definition) is 1. The Morgan fingerprint density at radius 1 is 1.21 bits per heavy atom. The predicted octanol–water partition coefficient (Wildman–Crippen LogP) is 1.39. The topological polar surface area (TPSA) is 67.9 Å². The highest BCUT2D eigenvalue weighted by atomic mass is 16.6. The van der Waals surface area contributed by atoms with Crippen molar-refractivity contribution >= 4 is 12.1 Å². The molecule has 0 unspecified atom stereocenters. The van der Waals surface area contributed by atoms with Crippen LogP contribution in [0.1, 0.15) is 34.6 Å². The van der Waals surface area contributed by atoms with E-state index in [0.717, 1.165) is 0 Å². The monoisotopic (exact) mass is 274 g/mol. The fourth-order valence-electron chi connectivity index (χ4n) is 1.66. The van der Waals surface area contributed by atoms with E-state index in [1.54, 1.807) is 20.8 Å². The molecule has 6 heteroatoms. The van der Waals surface area contributed by atoms with Crippen LogP contribution >= 0.6 is 0 Å². The zero-order valence-electron chi connectivity index (χ0n) is 12.8. The molecule has 0 aliphatic rings. The minimum Gasteiger partial charge on any atom is -0.468 e. The van der Waals surface area contributed by atoms with Crippen LogP contribution in [-0.2, 0) is 14.3 Å². The van der Waals surface area contributed by atoms with E-state index in [0.29, 0.717) is 13.1 Å². The van der Waals surface area contributed by atoms with Gasteiger partial charge in [0.05, 0.1) is 7.11 Å². The van der Waals surface area contributed by atoms with E-state index in [1.165, 1.54) is 7.11 Å². The normalized spacial score (nSPS) is 13.0. The Hall–Kier alpha value is -1.30. The third-order valence-electron chi connectivity index (χ3n) is 2.57. The summed E-state index contributed by atoms with van der Waals surface area (Å²) < 4.78 is 9.89. The lowest BCUT2D eigenvalue weighted by Crippen LogP contribution is -2.49. The van der Waals surface area contributed by atoms with E-state index in [4.69, 9.17) is 9.47 Å². The number of esters is 1. The molecule has 6 nitrogen and oxygen atoms in total. The Kier molecular flexibility index (Phi) is 7.44. The van der Waals surface area contributed by atoms with Crippen LogP contribution in [0.4, 0.5) is 4.79 Å². The van der Waals surface area contributed by atoms with Gasteiger partial charge in [-0.25, -0.2) is 4.79 Å². The van der Waals surface area contributed by atoms with Gasteiger partial charge in [-0.2, -0.15) is 0 Å². The lowest BCUT2D eigenvalue weighted by atomic mass is 10.2. The summed E-state index contributed by atoms with van der Waals surface area (Å²) in [5.74, 6) is -0.361. The lowest BCUT2D eigenvalue weighted by Gasteiger charge is -2.28. The smallest absolute Gasteiger partial charge is 0.407 e. The second kappa shape index (κ2) is 7.99. The highest BCUT2D eigenvalue weighted by Gasteiger charge is 2.26. The van der Waals surface area contributed by atoms with E-state index in [2.05, 4.69) is 5.32 Å². The molecule has 0 saturated heterocycles. The molecule has 0 saturated carbocycles. The Labute approximate surface area is 115 Å². The summed E-state index contributed by atoms with van der Waals surface area (Å²) in [6.07, 6.45) is -0.534. The Morgan fingerprint density at radius 2 is 1.74 bits per heavy atom. The van der Waals surface area contributed by atoms with Crippen molar-refractivity contribution in [1.82, 2.24) is 10.2 Å². The Balaban J connectivity index is 4.50. The van der Waals surface area contributed by atoms with Crippen molar-refractivity contribution in [1.29, 1.82) is 0 Å². The number of likely N-dealkylation sites (N-methyl/N-ethyl adjacent to an activating group) is 1. The SMILES string of the molecule is CCN(CC)[C@@H](CNC(=O)OC(C)(C)C)C(=O)OC. The van der Waals surface area contributed by atoms with Gasteiger partial charge in [0.15, 0.2) is 0 Å². The number of nitrogens with zero attached hydrogens (tertiary/aromatic N) is 1. The first-order chi connectivity index (χ1) is 8.75. The number of carbonyl (C=O) groups is 2. The van der Waals surface area contributed by atoms with E-state index < -0.39 is 17.7 Å². The maximum absolute atomic E-state index is 11.7. The van der Waals surface area contributed by atoms with Crippen molar-refractivity contribution in [2.75, 3.05) is 26.7 Å². The zero-order valence-corrected chi connectivity index (χ0v) is 12.8. The molecule has 0 fully saturated rings. The van der Waals surface area contributed by atoms with E-state index in [-0.39, 0.29) is 12.5 Å². The minimum atomic E-state index is -0.556. The molecule has 0 spiro atoms. The highest BCUT2D eigenvalue weighted by molar-refractivity contribution is 5.77. The maximum atomic E-state index is 11.7. The van der Waals surface area contributed by atoms with Gasteiger partial charge in [-0.1, -0.05) is 13.8 Å². The summed E-state index contributed by atoms with van der Waals surface area (Å²) in [4.78, 5) is 25.2. The standard InChI is InChI=1S/C13H26N2O4/c1-7-15(8-2)10(11(16)18-6)9-14-12(17)19-13(3,4)5/h10H,7-9H2,1-6H3,(H,14,17)/t10-/m0/s1. The van der Waals surface area contributed by atoms with Crippen molar-refractivity contribution in [3.63, 3.8) is 0 Å². The molecule has 0 aromatic heterocycles. The third-order valence-corrected chi connectivity index (χ3v) is 2.57. The van der Waals surface area contributed by atoms with Gasteiger partial charge in [0.2, 0.25) is 0 Å². The van der Waals surface area contributed by atoms with Gasteiger partial charge >= 0.3 is 12.1 Å². The second-order valence-corrected chi connectivity index (χ2v) is 5.14. The highest BCUT2D eigenvalue weighted by Crippen LogP contribution is 2.07. The van der Waals surface area contributed by atoms with Crippen LogP contribution in [0.25, 0.3) is 0 Å². The molecular weight excluding hydrogens is 248 g/mol. The number of alkyl carbamates (subject to hydrolysis) is 1. The summed E-state index contributed by atoms with van der Waals surface area (Å²) in [5, 5.41) is 2.60. The van der Waals surface area contributed by atoms with Crippen LogP contribution in [0, 0.1) is 0 Å². The number of hydrogen-bond acceptors (Lipinski definition) is 5. The number of ether oxygens (including phenoxy) is 2. The Bertz CT molecular complexity index is 296. The van der Waals surface area contributed by atoms with Crippen molar-refractivity contribution in [3.05, 3.63) is 0 Å². The first-order valence-corrected chi connectivity index (χ1v) is 6.53.